The van der Waals surface area contributed by atoms with Crippen molar-refractivity contribution < 1.29 is 27.9 Å². The van der Waals surface area contributed by atoms with Crippen LogP contribution in [0.15, 0.2) is 30.6 Å². The monoisotopic (exact) mass is 617 g/mol. The lowest BCUT2D eigenvalue weighted by Crippen LogP contribution is -2.36. The molecule has 0 radical (unpaired) electrons. The zero-order chi connectivity index (χ0) is 30.0. The van der Waals surface area contributed by atoms with Crippen LogP contribution in [-0.2, 0) is 23.9 Å². The number of carbonyl (C=O) groups is 2. The van der Waals surface area contributed by atoms with Crippen molar-refractivity contribution in [3.8, 4) is 11.3 Å². The highest BCUT2D eigenvalue weighted by atomic mass is 32.1. The lowest BCUT2D eigenvalue weighted by atomic mass is 9.97. The lowest BCUT2D eigenvalue weighted by Gasteiger charge is -2.30. The van der Waals surface area contributed by atoms with E-state index in [1.165, 1.54) is 36.7 Å². The number of halogens is 3. The highest BCUT2D eigenvalue weighted by molar-refractivity contribution is 7.12. The van der Waals surface area contributed by atoms with Crippen LogP contribution in [0.5, 0.6) is 0 Å². The van der Waals surface area contributed by atoms with Gasteiger partial charge in [-0.05, 0) is 57.2 Å². The van der Waals surface area contributed by atoms with E-state index in [2.05, 4.69) is 21.8 Å². The van der Waals surface area contributed by atoms with Crippen molar-refractivity contribution in [2.75, 3.05) is 24.5 Å². The van der Waals surface area contributed by atoms with Crippen LogP contribution in [0.25, 0.3) is 11.3 Å². The van der Waals surface area contributed by atoms with Gasteiger partial charge in [-0.3, -0.25) is 14.5 Å². The van der Waals surface area contributed by atoms with Gasteiger partial charge in [-0.2, -0.15) is 13.2 Å². The number of anilines is 1. The number of carboxylic acid groups (broad SMARTS) is 1. The molecule has 12 heteroatoms. The number of rotatable bonds is 9. The molecule has 0 amide bonds. The zero-order valence-electron chi connectivity index (χ0n) is 23.7. The van der Waals surface area contributed by atoms with Gasteiger partial charge in [0.2, 0.25) is 0 Å². The fourth-order valence-corrected chi connectivity index (χ4v) is 6.96. The second-order valence-corrected chi connectivity index (χ2v) is 12.2. The maximum absolute atomic E-state index is 13.7. The Morgan fingerprint density at radius 3 is 2.47 bits per heavy atom. The van der Waals surface area contributed by atoms with Gasteiger partial charge in [-0.1, -0.05) is 26.5 Å². The van der Waals surface area contributed by atoms with Gasteiger partial charge in [0.05, 0.1) is 36.0 Å². The van der Waals surface area contributed by atoms with Crippen LogP contribution in [0.1, 0.15) is 78.0 Å². The Bertz CT molecular complexity index is 1440. The summed E-state index contributed by atoms with van der Waals surface area (Å²) in [5.74, 6) is -0.839. The SMILES string of the molecule is C.CC[C@H]1CCCN1Cc1sc(CC(=O)c2cnc(N3CCC(C(=O)O)CC3)cn2)nc1-c1ccc(C)c(C(F)(F)F)c1. The molecular weight excluding hydrogens is 579 g/mol. The normalized spacial score (nSPS) is 18.1. The molecule has 2 fully saturated rings. The highest BCUT2D eigenvalue weighted by Crippen LogP contribution is 2.38. The first-order valence-corrected chi connectivity index (χ1v) is 15.1. The van der Waals surface area contributed by atoms with E-state index in [0.717, 1.165) is 36.8 Å². The van der Waals surface area contributed by atoms with Crippen molar-refractivity contribution in [2.45, 2.75) is 78.6 Å². The van der Waals surface area contributed by atoms with E-state index in [-0.39, 0.29) is 36.8 Å². The van der Waals surface area contributed by atoms with Crippen molar-refractivity contribution >= 4 is 28.9 Å². The minimum absolute atomic E-state index is 0. The Kier molecular flexibility index (Phi) is 10.2. The number of alkyl halides is 3. The molecule has 232 valence electrons. The molecule has 0 aliphatic carbocycles. The highest BCUT2D eigenvalue weighted by Gasteiger charge is 2.33. The summed E-state index contributed by atoms with van der Waals surface area (Å²) < 4.78 is 41.2. The van der Waals surface area contributed by atoms with Crippen LogP contribution >= 0.6 is 11.3 Å². The van der Waals surface area contributed by atoms with Gasteiger partial charge >= 0.3 is 12.1 Å². The Hall–Kier alpha value is -3.38. The van der Waals surface area contributed by atoms with Crippen molar-refractivity contribution in [1.29, 1.82) is 0 Å². The van der Waals surface area contributed by atoms with Crippen LogP contribution in [0, 0.1) is 12.8 Å². The molecule has 1 atom stereocenters. The van der Waals surface area contributed by atoms with Crippen molar-refractivity contribution in [3.63, 3.8) is 0 Å². The topological polar surface area (TPSA) is 99.5 Å². The Morgan fingerprint density at radius 2 is 1.84 bits per heavy atom. The molecule has 43 heavy (non-hydrogen) atoms. The molecule has 0 bridgehead atoms. The quantitative estimate of drug-likeness (QED) is 0.266. The average molecular weight is 618 g/mol. The molecule has 0 unspecified atom stereocenters. The van der Waals surface area contributed by atoms with Gasteiger partial charge in [0.1, 0.15) is 16.5 Å². The molecule has 4 heterocycles. The molecule has 1 aromatic carbocycles. The van der Waals surface area contributed by atoms with Gasteiger partial charge < -0.3 is 10.0 Å². The van der Waals surface area contributed by atoms with Gasteiger partial charge in [0.15, 0.2) is 5.78 Å². The number of aryl methyl sites for hydroxylation is 1. The summed E-state index contributed by atoms with van der Waals surface area (Å²) in [5, 5.41) is 9.73. The molecule has 5 rings (SSSR count). The van der Waals surface area contributed by atoms with Crippen LogP contribution in [0.3, 0.4) is 0 Å². The van der Waals surface area contributed by atoms with Crippen LogP contribution in [0.2, 0.25) is 0 Å². The van der Waals surface area contributed by atoms with E-state index < -0.39 is 17.7 Å². The molecule has 2 aliphatic heterocycles. The summed E-state index contributed by atoms with van der Waals surface area (Å²) in [5.41, 5.74) is 0.518. The second-order valence-electron chi connectivity index (χ2n) is 11.0. The number of Topliss-reactive ketones (excluding diaryl/α,β-unsaturated/α-hetero) is 1. The largest absolute Gasteiger partial charge is 0.481 e. The minimum Gasteiger partial charge on any atom is -0.481 e. The molecule has 2 aromatic heterocycles. The predicted octanol–water partition coefficient (Wildman–Crippen LogP) is 6.66. The Balaban J connectivity index is 0.00000423. The number of piperidine rings is 1. The molecule has 2 aliphatic rings. The van der Waals surface area contributed by atoms with Gasteiger partial charge in [0, 0.05) is 36.1 Å². The number of nitrogens with zero attached hydrogens (tertiary/aromatic N) is 5. The fourth-order valence-electron chi connectivity index (χ4n) is 5.85. The molecule has 2 saturated heterocycles. The van der Waals surface area contributed by atoms with Gasteiger partial charge in [-0.15, -0.1) is 11.3 Å². The predicted molar refractivity (Wildman–Crippen MR) is 160 cm³/mol. The smallest absolute Gasteiger partial charge is 0.416 e. The second kappa shape index (κ2) is 13.5. The summed E-state index contributed by atoms with van der Waals surface area (Å²) in [7, 11) is 0. The van der Waals surface area contributed by atoms with E-state index >= 15 is 0 Å². The number of carbonyl (C=O) groups excluding carboxylic acids is 1. The van der Waals surface area contributed by atoms with Crippen LogP contribution in [-0.4, -0.2) is 62.4 Å². The number of likely N-dealkylation sites (tertiary alicyclic amines) is 1. The molecular formula is C31H38F3N5O3S. The zero-order valence-corrected chi connectivity index (χ0v) is 24.5. The van der Waals surface area contributed by atoms with E-state index in [1.807, 2.05) is 4.90 Å². The standard InChI is InChI=1S/C30H34F3N5O3S.CH4/c1-3-21-5-4-10-38(21)17-25-28(20-7-6-18(2)22(13-20)30(31,32)33)36-27(42-25)14-24(39)23-15-35-26(16-34-23)37-11-8-19(9-12-37)29(40)41;/h6-7,13,15-16,19,21H,3-5,8-12,14,17H2,1-2H3,(H,40,41);1H4/t21-;/m0./s1. The van der Waals surface area contributed by atoms with Crippen molar-refractivity contribution in [1.82, 2.24) is 19.9 Å². The first kappa shape index (κ1) is 32.5. The van der Waals surface area contributed by atoms with E-state index in [0.29, 0.717) is 60.6 Å². The number of aliphatic carboxylic acids is 1. The molecule has 8 nitrogen and oxygen atoms in total. The minimum atomic E-state index is -4.48. The van der Waals surface area contributed by atoms with Crippen molar-refractivity contribution in [2.24, 2.45) is 5.92 Å². The van der Waals surface area contributed by atoms with E-state index in [9.17, 15) is 27.9 Å². The number of benzene rings is 1. The molecule has 3 aromatic rings. The fraction of sp³-hybridized carbons (Fsp3) is 0.516. The van der Waals surface area contributed by atoms with Crippen molar-refractivity contribution in [3.05, 3.63) is 57.3 Å². The third-order valence-corrected chi connectivity index (χ3v) is 9.32. The van der Waals surface area contributed by atoms with Crippen LogP contribution < -0.4 is 4.90 Å². The summed E-state index contributed by atoms with van der Waals surface area (Å²) in [6.07, 6.45) is 2.63. The lowest BCUT2D eigenvalue weighted by molar-refractivity contribution is -0.142. The first-order chi connectivity index (χ1) is 20.0. The molecule has 1 N–H and O–H groups in total. The number of thiazole rings is 1. The summed E-state index contributed by atoms with van der Waals surface area (Å²) in [6.45, 7) is 6.17. The van der Waals surface area contributed by atoms with Gasteiger partial charge in [0.25, 0.3) is 0 Å². The Labute approximate surface area is 254 Å². The average Bonchev–Trinajstić information content (AvgIpc) is 3.59. The third kappa shape index (κ3) is 7.41. The molecule has 0 saturated carbocycles. The first-order valence-electron chi connectivity index (χ1n) is 14.3. The number of hydrogen-bond acceptors (Lipinski definition) is 8. The summed E-state index contributed by atoms with van der Waals surface area (Å²) in [4.78, 5) is 43.0. The third-order valence-electron chi connectivity index (χ3n) is 8.28. The summed E-state index contributed by atoms with van der Waals surface area (Å²) in [6, 6.07) is 4.71. The number of carboxylic acids is 1. The number of hydrogen-bond donors (Lipinski definition) is 1. The van der Waals surface area contributed by atoms with E-state index in [1.54, 1.807) is 6.07 Å². The Morgan fingerprint density at radius 1 is 1.09 bits per heavy atom. The van der Waals surface area contributed by atoms with Crippen LogP contribution in [0.4, 0.5) is 19.0 Å². The number of ketones is 1. The maximum atomic E-state index is 13.7. The maximum Gasteiger partial charge on any atom is 0.416 e. The summed E-state index contributed by atoms with van der Waals surface area (Å²) >= 11 is 1.36. The number of aromatic nitrogens is 3. The molecule has 0 spiro atoms. The van der Waals surface area contributed by atoms with E-state index in [4.69, 9.17) is 4.98 Å². The van der Waals surface area contributed by atoms with Gasteiger partial charge in [-0.25, -0.2) is 15.0 Å².